The molecule has 2 amide bonds. The van der Waals surface area contributed by atoms with E-state index in [-0.39, 0.29) is 17.9 Å². The summed E-state index contributed by atoms with van der Waals surface area (Å²) in [5.41, 5.74) is 0.429. The number of nitrogens with zero attached hydrogens (tertiary/aromatic N) is 1. The molecule has 4 atom stereocenters. The Morgan fingerprint density at radius 3 is 2.74 bits per heavy atom. The molecule has 0 unspecified atom stereocenters. The molecule has 2 saturated heterocycles. The molecule has 5 rings (SSSR count). The van der Waals surface area contributed by atoms with Crippen molar-refractivity contribution in [1.82, 2.24) is 10.2 Å². The van der Waals surface area contributed by atoms with Crippen molar-refractivity contribution in [3.05, 3.63) is 35.9 Å². The van der Waals surface area contributed by atoms with Gasteiger partial charge in [0.1, 0.15) is 5.60 Å². The molecular formula is C24H30N2O5. The molecule has 1 N–H and O–H groups in total. The molecule has 3 aliphatic heterocycles. The summed E-state index contributed by atoms with van der Waals surface area (Å²) in [7, 11) is 3.21. The van der Waals surface area contributed by atoms with E-state index >= 15 is 0 Å². The van der Waals surface area contributed by atoms with E-state index in [9.17, 15) is 9.59 Å². The van der Waals surface area contributed by atoms with E-state index in [1.54, 1.807) is 14.2 Å². The number of carbonyl (C=O) groups is 2. The minimum atomic E-state index is -0.615. The largest absolute Gasteiger partial charge is 0.493 e. The van der Waals surface area contributed by atoms with Gasteiger partial charge in [0.15, 0.2) is 11.5 Å². The molecule has 1 saturated carbocycles. The fraction of sp³-hybridized carbons (Fsp3) is 0.583. The number of methoxy groups -OCH3 is 2. The van der Waals surface area contributed by atoms with Crippen LogP contribution < -0.4 is 14.8 Å². The monoisotopic (exact) mass is 426 g/mol. The summed E-state index contributed by atoms with van der Waals surface area (Å²) in [6.45, 7) is 1.07. The lowest BCUT2D eigenvalue weighted by Crippen LogP contribution is -2.45. The molecule has 7 nitrogen and oxygen atoms in total. The molecule has 1 aromatic rings. The Balaban J connectivity index is 1.24. The van der Waals surface area contributed by atoms with Crippen LogP contribution in [-0.4, -0.2) is 61.8 Å². The second-order valence-corrected chi connectivity index (χ2v) is 9.03. The Bertz CT molecular complexity index is 909. The van der Waals surface area contributed by atoms with Crippen LogP contribution in [0.25, 0.3) is 0 Å². The second-order valence-electron chi connectivity index (χ2n) is 9.03. The van der Waals surface area contributed by atoms with Gasteiger partial charge in [-0.2, -0.15) is 0 Å². The summed E-state index contributed by atoms with van der Waals surface area (Å²) >= 11 is 0. The molecule has 31 heavy (non-hydrogen) atoms. The summed E-state index contributed by atoms with van der Waals surface area (Å²) < 4.78 is 16.9. The predicted molar refractivity (Wildman–Crippen MR) is 114 cm³/mol. The number of amides is 2. The summed E-state index contributed by atoms with van der Waals surface area (Å²) in [5, 5.41) is 3.04. The number of hydrogen-bond acceptors (Lipinski definition) is 5. The SMILES string of the molecule is COc1ccc(CCNC(=O)[C@H]2[C@H]3C=C[C@@]4(CN(C5CCCC5)C(=O)[C@@H]24)O3)cc1OC. The van der Waals surface area contributed by atoms with Gasteiger partial charge >= 0.3 is 0 Å². The van der Waals surface area contributed by atoms with Gasteiger partial charge in [-0.3, -0.25) is 9.59 Å². The number of carbonyl (C=O) groups excluding carboxylic acids is 2. The molecule has 1 spiro atoms. The average Bonchev–Trinajstić information content (AvgIpc) is 3.55. The normalized spacial score (nSPS) is 31.4. The van der Waals surface area contributed by atoms with Gasteiger partial charge < -0.3 is 24.4 Å². The van der Waals surface area contributed by atoms with E-state index < -0.39 is 17.4 Å². The zero-order valence-electron chi connectivity index (χ0n) is 18.1. The maximum Gasteiger partial charge on any atom is 0.230 e. The van der Waals surface area contributed by atoms with E-state index in [1.807, 2.05) is 35.3 Å². The van der Waals surface area contributed by atoms with Gasteiger partial charge in [-0.05, 0) is 37.0 Å². The van der Waals surface area contributed by atoms with Crippen molar-refractivity contribution in [2.75, 3.05) is 27.3 Å². The number of likely N-dealkylation sites (tertiary alicyclic amines) is 1. The Labute approximate surface area is 182 Å². The van der Waals surface area contributed by atoms with Gasteiger partial charge in [-0.15, -0.1) is 0 Å². The highest BCUT2D eigenvalue weighted by Gasteiger charge is 2.67. The first-order valence-electron chi connectivity index (χ1n) is 11.2. The summed E-state index contributed by atoms with van der Waals surface area (Å²) in [4.78, 5) is 28.4. The maximum absolute atomic E-state index is 13.3. The van der Waals surface area contributed by atoms with E-state index in [2.05, 4.69) is 5.32 Å². The minimum Gasteiger partial charge on any atom is -0.493 e. The summed E-state index contributed by atoms with van der Waals surface area (Å²) in [6, 6.07) is 6.05. The predicted octanol–water partition coefficient (Wildman–Crippen LogP) is 2.09. The third-order valence-corrected chi connectivity index (χ3v) is 7.36. The third kappa shape index (κ3) is 3.30. The van der Waals surface area contributed by atoms with Gasteiger partial charge in [-0.25, -0.2) is 0 Å². The fourth-order valence-corrected chi connectivity index (χ4v) is 5.84. The van der Waals surface area contributed by atoms with Crippen LogP contribution >= 0.6 is 0 Å². The lowest BCUT2D eigenvalue weighted by Gasteiger charge is -2.27. The van der Waals surface area contributed by atoms with Gasteiger partial charge in [0.25, 0.3) is 0 Å². The van der Waals surface area contributed by atoms with Gasteiger partial charge in [-0.1, -0.05) is 31.1 Å². The number of fused-ring (bicyclic) bond motifs is 1. The highest BCUT2D eigenvalue weighted by molar-refractivity contribution is 5.93. The summed E-state index contributed by atoms with van der Waals surface area (Å²) in [6.07, 6.45) is 8.83. The van der Waals surface area contributed by atoms with Crippen LogP contribution in [0.1, 0.15) is 31.2 Å². The third-order valence-electron chi connectivity index (χ3n) is 7.36. The molecule has 1 aliphatic carbocycles. The molecule has 4 aliphatic rings. The Morgan fingerprint density at radius 1 is 1.23 bits per heavy atom. The van der Waals surface area contributed by atoms with Crippen LogP contribution in [0, 0.1) is 11.8 Å². The fourth-order valence-electron chi connectivity index (χ4n) is 5.84. The number of nitrogens with one attached hydrogen (secondary N) is 1. The standard InChI is InChI=1S/C24H30N2O5/c1-29-17-8-7-15(13-19(17)30-2)10-12-25-22(27)20-18-9-11-24(31-18)14-26(23(28)21(20)24)16-5-3-4-6-16/h7-9,11,13,16,18,20-21H,3-6,10,12,14H2,1-2H3,(H,25,27)/t18-,20+,21-,24+/m1/s1. The Kier molecular flexibility index (Phi) is 5.16. The summed E-state index contributed by atoms with van der Waals surface area (Å²) in [5.74, 6) is 0.502. The molecule has 3 heterocycles. The van der Waals surface area contributed by atoms with Gasteiger partial charge in [0, 0.05) is 12.6 Å². The molecule has 7 heteroatoms. The molecule has 1 aromatic carbocycles. The van der Waals surface area contributed by atoms with E-state index in [1.165, 1.54) is 12.8 Å². The zero-order chi connectivity index (χ0) is 21.6. The van der Waals surface area contributed by atoms with Crippen LogP contribution in [0.5, 0.6) is 11.5 Å². The number of ether oxygens (including phenoxy) is 3. The van der Waals surface area contributed by atoms with Crippen LogP contribution in [0.4, 0.5) is 0 Å². The molecule has 0 radical (unpaired) electrons. The highest BCUT2D eigenvalue weighted by Crippen LogP contribution is 2.53. The first kappa shape index (κ1) is 20.4. The Hall–Kier alpha value is -2.54. The van der Waals surface area contributed by atoms with Crippen molar-refractivity contribution in [3.8, 4) is 11.5 Å². The van der Waals surface area contributed by atoms with Crippen LogP contribution in [0.3, 0.4) is 0 Å². The van der Waals surface area contributed by atoms with E-state index in [0.29, 0.717) is 37.1 Å². The molecule has 3 fully saturated rings. The van der Waals surface area contributed by atoms with Crippen LogP contribution in [0.15, 0.2) is 30.4 Å². The molecule has 0 aromatic heterocycles. The van der Waals surface area contributed by atoms with Crippen molar-refractivity contribution in [1.29, 1.82) is 0 Å². The molecule has 2 bridgehead atoms. The van der Waals surface area contributed by atoms with Crippen molar-refractivity contribution >= 4 is 11.8 Å². The van der Waals surface area contributed by atoms with E-state index in [0.717, 1.165) is 18.4 Å². The minimum absolute atomic E-state index is 0.0941. The number of rotatable bonds is 7. The average molecular weight is 427 g/mol. The van der Waals surface area contributed by atoms with Crippen molar-refractivity contribution < 1.29 is 23.8 Å². The number of benzene rings is 1. The highest BCUT2D eigenvalue weighted by atomic mass is 16.5. The van der Waals surface area contributed by atoms with Gasteiger partial charge in [0.05, 0.1) is 38.7 Å². The smallest absolute Gasteiger partial charge is 0.230 e. The first-order valence-corrected chi connectivity index (χ1v) is 11.2. The van der Waals surface area contributed by atoms with Crippen LogP contribution in [-0.2, 0) is 20.7 Å². The topological polar surface area (TPSA) is 77.1 Å². The van der Waals surface area contributed by atoms with Gasteiger partial charge in [0.2, 0.25) is 11.8 Å². The van der Waals surface area contributed by atoms with Crippen molar-refractivity contribution in [3.63, 3.8) is 0 Å². The molecular weight excluding hydrogens is 396 g/mol. The lowest BCUT2D eigenvalue weighted by molar-refractivity contribution is -0.138. The lowest BCUT2D eigenvalue weighted by atomic mass is 9.77. The first-order chi connectivity index (χ1) is 15.1. The van der Waals surface area contributed by atoms with Crippen LogP contribution in [0.2, 0.25) is 0 Å². The quantitative estimate of drug-likeness (QED) is 0.676. The zero-order valence-corrected chi connectivity index (χ0v) is 18.1. The van der Waals surface area contributed by atoms with Crippen molar-refractivity contribution in [2.45, 2.75) is 49.9 Å². The second kappa shape index (κ2) is 7.86. The molecule has 166 valence electrons. The number of hydrogen-bond donors (Lipinski definition) is 1. The van der Waals surface area contributed by atoms with E-state index in [4.69, 9.17) is 14.2 Å². The van der Waals surface area contributed by atoms with Crippen molar-refractivity contribution in [2.24, 2.45) is 11.8 Å². The maximum atomic E-state index is 13.3. The Morgan fingerprint density at radius 2 is 2.00 bits per heavy atom.